The van der Waals surface area contributed by atoms with E-state index in [0.717, 1.165) is 34.2 Å². The smallest absolute Gasteiger partial charge is 0.243 e. The van der Waals surface area contributed by atoms with E-state index >= 15 is 0 Å². The van der Waals surface area contributed by atoms with Gasteiger partial charge in [-0.1, -0.05) is 0 Å². The van der Waals surface area contributed by atoms with Crippen LogP contribution < -0.4 is 15.4 Å². The van der Waals surface area contributed by atoms with Crippen molar-refractivity contribution >= 4 is 17.6 Å². The van der Waals surface area contributed by atoms with Gasteiger partial charge in [-0.25, -0.2) is 9.98 Å². The molecule has 2 aliphatic rings. The summed E-state index contributed by atoms with van der Waals surface area (Å²) in [5.74, 6) is 2.12. The topological polar surface area (TPSA) is 101 Å². The molecule has 32 heavy (non-hydrogen) atoms. The van der Waals surface area contributed by atoms with Crippen molar-refractivity contribution < 1.29 is 14.4 Å². The van der Waals surface area contributed by atoms with Crippen molar-refractivity contribution in [1.82, 2.24) is 20.3 Å². The van der Waals surface area contributed by atoms with Crippen LogP contribution in [-0.2, 0) is 9.63 Å². The molecule has 1 amide bonds. The van der Waals surface area contributed by atoms with Gasteiger partial charge in [0.15, 0.2) is 6.17 Å². The summed E-state index contributed by atoms with van der Waals surface area (Å²) >= 11 is 0. The second kappa shape index (κ2) is 9.12. The molecule has 1 fully saturated rings. The first-order valence-electron chi connectivity index (χ1n) is 10.9. The molecule has 0 bridgehead atoms. The highest BCUT2D eigenvalue weighted by Crippen LogP contribution is 2.30. The fourth-order valence-electron chi connectivity index (χ4n) is 3.77. The number of ether oxygens (including phenoxy) is 1. The molecule has 0 aliphatic carbocycles. The standard InChI is InChI=1S/C23H30N6O3/c1-13(2)25-20-11-16(10-14(3)26-20)23-28-22(29(5)32-23)18-7-8-19(15(4)27-18)31-17-6-9-21(30)24-12-17/h7-8,10-11,13,17,22H,6,9,12H2,1-5H3,(H,24,30)(H,25,26)/t17-,22?/m0/s1. The second-order valence-corrected chi connectivity index (χ2v) is 8.53. The average molecular weight is 439 g/mol. The van der Waals surface area contributed by atoms with Gasteiger partial charge in [0.1, 0.15) is 17.7 Å². The SMILES string of the molecule is Cc1cc(C2=NC(c3ccc(O[C@H]4CCC(=O)NC4)c(C)n3)N(C)O2)cc(NC(C)C)n1. The Bertz CT molecular complexity index is 1030. The Hall–Kier alpha value is -3.20. The summed E-state index contributed by atoms with van der Waals surface area (Å²) < 4.78 is 6.06. The van der Waals surface area contributed by atoms with Gasteiger partial charge in [-0.2, -0.15) is 0 Å². The minimum Gasteiger partial charge on any atom is -0.487 e. The van der Waals surface area contributed by atoms with Crippen LogP contribution in [0.15, 0.2) is 29.3 Å². The third kappa shape index (κ3) is 4.99. The molecule has 1 saturated heterocycles. The van der Waals surface area contributed by atoms with E-state index in [1.54, 1.807) is 5.06 Å². The van der Waals surface area contributed by atoms with Crippen LogP contribution >= 0.6 is 0 Å². The van der Waals surface area contributed by atoms with Crippen LogP contribution in [0.25, 0.3) is 0 Å². The number of piperidine rings is 1. The third-order valence-corrected chi connectivity index (χ3v) is 5.29. The molecule has 9 heteroatoms. The summed E-state index contributed by atoms with van der Waals surface area (Å²) in [6.07, 6.45) is 0.796. The van der Waals surface area contributed by atoms with Crippen molar-refractivity contribution in [3.8, 4) is 5.75 Å². The molecule has 2 aromatic rings. The molecule has 4 heterocycles. The van der Waals surface area contributed by atoms with E-state index in [1.165, 1.54) is 0 Å². The number of carbonyl (C=O) groups is 1. The van der Waals surface area contributed by atoms with Gasteiger partial charge in [-0.3, -0.25) is 9.78 Å². The highest BCUT2D eigenvalue weighted by molar-refractivity contribution is 5.95. The number of nitrogens with one attached hydrogen (secondary N) is 2. The monoisotopic (exact) mass is 438 g/mol. The number of carbonyl (C=O) groups excluding carboxylic acids is 1. The number of hydrogen-bond acceptors (Lipinski definition) is 8. The highest BCUT2D eigenvalue weighted by atomic mass is 16.7. The lowest BCUT2D eigenvalue weighted by atomic mass is 10.1. The van der Waals surface area contributed by atoms with Gasteiger partial charge < -0.3 is 20.2 Å². The number of rotatable bonds is 6. The second-order valence-electron chi connectivity index (χ2n) is 8.53. The Morgan fingerprint density at radius 3 is 2.75 bits per heavy atom. The fraction of sp³-hybridized carbons (Fsp3) is 0.478. The lowest BCUT2D eigenvalue weighted by Gasteiger charge is -2.24. The summed E-state index contributed by atoms with van der Waals surface area (Å²) in [7, 11) is 1.84. The molecule has 0 radical (unpaired) electrons. The first kappa shape index (κ1) is 22.0. The van der Waals surface area contributed by atoms with Gasteiger partial charge in [0.05, 0.1) is 17.9 Å². The number of aromatic nitrogens is 2. The molecule has 0 saturated carbocycles. The molecule has 4 rings (SSSR count). The first-order chi connectivity index (χ1) is 15.3. The zero-order chi connectivity index (χ0) is 22.8. The molecule has 2 aliphatic heterocycles. The summed E-state index contributed by atoms with van der Waals surface area (Å²) in [5, 5.41) is 7.86. The molecule has 0 aromatic carbocycles. The van der Waals surface area contributed by atoms with Gasteiger partial charge in [-0.05, 0) is 58.4 Å². The number of aliphatic imine (C=N–C) groups is 1. The number of hydroxylamine groups is 2. The van der Waals surface area contributed by atoms with Gasteiger partial charge >= 0.3 is 0 Å². The minimum absolute atomic E-state index is 0.0373. The van der Waals surface area contributed by atoms with Crippen LogP contribution in [0.4, 0.5) is 5.82 Å². The fourth-order valence-corrected chi connectivity index (χ4v) is 3.77. The Labute approximate surface area is 188 Å². The van der Waals surface area contributed by atoms with Crippen molar-refractivity contribution in [3.05, 3.63) is 46.9 Å². The quantitative estimate of drug-likeness (QED) is 0.715. The molecule has 1 unspecified atom stereocenters. The number of nitrogens with zero attached hydrogens (tertiary/aromatic N) is 4. The zero-order valence-electron chi connectivity index (χ0n) is 19.2. The molecule has 9 nitrogen and oxygen atoms in total. The molecule has 170 valence electrons. The van der Waals surface area contributed by atoms with E-state index in [1.807, 2.05) is 45.2 Å². The third-order valence-electron chi connectivity index (χ3n) is 5.29. The summed E-state index contributed by atoms with van der Waals surface area (Å²) in [5.41, 5.74) is 3.30. The number of pyridine rings is 2. The van der Waals surface area contributed by atoms with Crippen LogP contribution in [0.5, 0.6) is 5.75 Å². The van der Waals surface area contributed by atoms with E-state index in [2.05, 4.69) is 29.5 Å². The van der Waals surface area contributed by atoms with E-state index in [4.69, 9.17) is 19.6 Å². The average Bonchev–Trinajstić information content (AvgIpc) is 3.12. The van der Waals surface area contributed by atoms with Crippen molar-refractivity contribution in [1.29, 1.82) is 0 Å². The van der Waals surface area contributed by atoms with Crippen LogP contribution in [0, 0.1) is 13.8 Å². The molecule has 2 atom stereocenters. The van der Waals surface area contributed by atoms with Crippen LogP contribution in [0.3, 0.4) is 0 Å². The van der Waals surface area contributed by atoms with Crippen molar-refractivity contribution in [2.24, 2.45) is 4.99 Å². The molecular weight excluding hydrogens is 408 g/mol. The van der Waals surface area contributed by atoms with E-state index in [0.29, 0.717) is 25.3 Å². The lowest BCUT2D eigenvalue weighted by Crippen LogP contribution is -2.41. The maximum atomic E-state index is 11.3. The van der Waals surface area contributed by atoms with Crippen LogP contribution in [0.1, 0.15) is 55.5 Å². The Kier molecular flexibility index (Phi) is 6.27. The lowest BCUT2D eigenvalue weighted by molar-refractivity contribution is -0.123. The predicted molar refractivity (Wildman–Crippen MR) is 121 cm³/mol. The first-order valence-corrected chi connectivity index (χ1v) is 10.9. The Morgan fingerprint density at radius 1 is 1.25 bits per heavy atom. The number of amides is 1. The Balaban J connectivity index is 1.52. The maximum absolute atomic E-state index is 11.3. The normalized spacial score (nSPS) is 21.2. The summed E-state index contributed by atoms with van der Waals surface area (Å²) in [6, 6.07) is 8.00. The number of aryl methyl sites for hydroxylation is 2. The predicted octanol–water partition coefficient (Wildman–Crippen LogP) is 2.89. The number of hydrogen-bond donors (Lipinski definition) is 2. The van der Waals surface area contributed by atoms with Crippen molar-refractivity contribution in [2.75, 3.05) is 18.9 Å². The van der Waals surface area contributed by atoms with Gasteiger partial charge in [0.2, 0.25) is 11.8 Å². The largest absolute Gasteiger partial charge is 0.487 e. The molecular formula is C23H30N6O3. The Morgan fingerprint density at radius 2 is 2.06 bits per heavy atom. The van der Waals surface area contributed by atoms with Gasteiger partial charge in [0.25, 0.3) is 0 Å². The van der Waals surface area contributed by atoms with Crippen LogP contribution in [0.2, 0.25) is 0 Å². The highest BCUT2D eigenvalue weighted by Gasteiger charge is 2.30. The van der Waals surface area contributed by atoms with Crippen LogP contribution in [-0.4, -0.2) is 52.6 Å². The van der Waals surface area contributed by atoms with Crippen molar-refractivity contribution in [2.45, 2.75) is 58.8 Å². The molecule has 2 aromatic heterocycles. The van der Waals surface area contributed by atoms with E-state index in [-0.39, 0.29) is 24.2 Å². The van der Waals surface area contributed by atoms with Gasteiger partial charge in [0, 0.05) is 30.8 Å². The summed E-state index contributed by atoms with van der Waals surface area (Å²) in [6.45, 7) is 8.53. The van der Waals surface area contributed by atoms with Gasteiger partial charge in [-0.15, -0.1) is 5.06 Å². The maximum Gasteiger partial charge on any atom is 0.243 e. The van der Waals surface area contributed by atoms with E-state index < -0.39 is 0 Å². The summed E-state index contributed by atoms with van der Waals surface area (Å²) in [4.78, 5) is 31.3. The van der Waals surface area contributed by atoms with E-state index in [9.17, 15) is 4.79 Å². The molecule has 0 spiro atoms. The number of anilines is 1. The van der Waals surface area contributed by atoms with Crippen molar-refractivity contribution in [3.63, 3.8) is 0 Å². The minimum atomic E-state index is -0.360. The zero-order valence-corrected chi connectivity index (χ0v) is 19.2. The molecule has 2 N–H and O–H groups in total.